The molecule has 0 fully saturated rings. The number of para-hydroxylation sites is 1. The molecule has 0 amide bonds. The third kappa shape index (κ3) is 4.97. The van der Waals surface area contributed by atoms with Crippen molar-refractivity contribution >= 4 is 27.7 Å². The van der Waals surface area contributed by atoms with Gasteiger partial charge in [-0.2, -0.15) is 0 Å². The Labute approximate surface area is 243 Å². The first-order valence-corrected chi connectivity index (χ1v) is 12.8. The molecule has 2 aromatic heterocycles. The second-order valence-electron chi connectivity index (χ2n) is 10.8. The summed E-state index contributed by atoms with van der Waals surface area (Å²) in [4.78, 5) is 15.1. The molecule has 39 heavy (non-hydrogen) atoms. The van der Waals surface area contributed by atoms with Crippen molar-refractivity contribution in [3.05, 3.63) is 100 Å². The van der Waals surface area contributed by atoms with Crippen LogP contribution in [0.5, 0.6) is 0 Å². The maximum absolute atomic E-state index is 10.0. The molecule has 1 aliphatic rings. The molecule has 0 saturated heterocycles. The summed E-state index contributed by atoms with van der Waals surface area (Å²) in [6.07, 6.45) is 1.17. The van der Waals surface area contributed by atoms with Crippen molar-refractivity contribution in [2.45, 2.75) is 53.9 Å². The Balaban J connectivity index is 0.000000394. The fourth-order valence-corrected chi connectivity index (χ4v) is 5.93. The fourth-order valence-electron chi connectivity index (χ4n) is 5.93. The van der Waals surface area contributed by atoms with Crippen LogP contribution in [0.2, 0.25) is 0 Å². The summed E-state index contributed by atoms with van der Waals surface area (Å²) < 4.78 is 6.35. The van der Waals surface area contributed by atoms with E-state index in [1.807, 2.05) is 12.1 Å². The molecule has 0 unspecified atom stereocenters. The van der Waals surface area contributed by atoms with E-state index in [9.17, 15) is 4.79 Å². The number of rotatable bonds is 2. The predicted octanol–water partition coefficient (Wildman–Crippen LogP) is 8.71. The molecule has 1 aliphatic carbocycles. The minimum absolute atomic E-state index is 0. The molecule has 2 heterocycles. The molecule has 0 saturated carbocycles. The van der Waals surface area contributed by atoms with Crippen molar-refractivity contribution in [2.24, 2.45) is 0 Å². The average Bonchev–Trinajstić information content (AvgIpc) is 3.32. The van der Waals surface area contributed by atoms with Crippen molar-refractivity contribution in [1.29, 1.82) is 0 Å². The second kappa shape index (κ2) is 10.6. The van der Waals surface area contributed by atoms with Gasteiger partial charge in [-0.3, -0.25) is 9.78 Å². The largest absolute Gasteiger partial charge is 0.512 e. The molecule has 6 rings (SSSR count). The van der Waals surface area contributed by atoms with Crippen molar-refractivity contribution in [3.8, 4) is 22.6 Å². The average molecular weight is 695 g/mol. The number of nitrogens with zero attached hydrogens (tertiary/aromatic N) is 1. The van der Waals surface area contributed by atoms with Crippen LogP contribution >= 0.6 is 0 Å². The van der Waals surface area contributed by atoms with Crippen LogP contribution in [0.1, 0.15) is 55.5 Å². The van der Waals surface area contributed by atoms with Crippen LogP contribution in [-0.2, 0) is 30.3 Å². The number of pyridine rings is 1. The molecule has 0 bridgehead atoms. The van der Waals surface area contributed by atoms with E-state index in [2.05, 4.69) is 83.1 Å². The van der Waals surface area contributed by atoms with Crippen molar-refractivity contribution in [3.63, 3.8) is 0 Å². The first-order valence-electron chi connectivity index (χ1n) is 12.8. The molecule has 5 aromatic rings. The van der Waals surface area contributed by atoms with Gasteiger partial charge in [-0.1, -0.05) is 49.7 Å². The van der Waals surface area contributed by atoms with Gasteiger partial charge in [0.15, 0.2) is 5.78 Å². The Morgan fingerprint density at radius 1 is 1.00 bits per heavy atom. The van der Waals surface area contributed by atoms with Gasteiger partial charge >= 0.3 is 0 Å². The molecule has 0 atom stereocenters. The van der Waals surface area contributed by atoms with Crippen LogP contribution in [0.3, 0.4) is 0 Å². The number of furan rings is 1. The number of fused-ring (bicyclic) bond motifs is 6. The summed E-state index contributed by atoms with van der Waals surface area (Å²) in [5, 5.41) is 10.8. The van der Waals surface area contributed by atoms with Gasteiger partial charge < -0.3 is 9.52 Å². The van der Waals surface area contributed by atoms with Gasteiger partial charge in [-0.05, 0) is 74.6 Å². The fraction of sp³-hybridized carbons (Fsp3) is 0.235. The van der Waals surface area contributed by atoms with E-state index in [0.29, 0.717) is 0 Å². The Kier molecular flexibility index (Phi) is 7.71. The quantitative estimate of drug-likeness (QED) is 0.114. The number of benzene rings is 3. The molecule has 5 heteroatoms. The maximum atomic E-state index is 10.0. The zero-order valence-corrected chi connectivity index (χ0v) is 25.7. The van der Waals surface area contributed by atoms with Crippen molar-refractivity contribution in [1.82, 2.24) is 4.98 Å². The van der Waals surface area contributed by atoms with Crippen LogP contribution < -0.4 is 0 Å². The van der Waals surface area contributed by atoms with Crippen LogP contribution in [0.25, 0.3) is 44.5 Å². The van der Waals surface area contributed by atoms with Crippen LogP contribution in [0.4, 0.5) is 0 Å². The summed E-state index contributed by atoms with van der Waals surface area (Å²) in [6.45, 7) is 13.9. The Bertz CT molecular complexity index is 1770. The Morgan fingerprint density at radius 2 is 1.69 bits per heavy atom. The van der Waals surface area contributed by atoms with Gasteiger partial charge in [0.25, 0.3) is 0 Å². The predicted molar refractivity (Wildman–Crippen MR) is 155 cm³/mol. The molecule has 201 valence electrons. The van der Waals surface area contributed by atoms with Gasteiger partial charge in [0, 0.05) is 42.5 Å². The molecule has 1 radical (unpaired) electrons. The first kappa shape index (κ1) is 28.5. The number of aliphatic hydroxyl groups is 1. The minimum atomic E-state index is -0.197. The first-order chi connectivity index (χ1) is 18.0. The van der Waals surface area contributed by atoms with E-state index < -0.39 is 0 Å². The summed E-state index contributed by atoms with van der Waals surface area (Å²) in [5.74, 6) is 0.924. The van der Waals surface area contributed by atoms with E-state index in [0.717, 1.165) is 33.7 Å². The summed E-state index contributed by atoms with van der Waals surface area (Å²) >= 11 is 0. The number of aromatic nitrogens is 1. The molecule has 3 aromatic carbocycles. The zero-order chi connectivity index (χ0) is 27.4. The summed E-state index contributed by atoms with van der Waals surface area (Å²) in [7, 11) is 0. The number of carbonyl (C=O) groups is 1. The smallest absolute Gasteiger partial charge is 0.155 e. The molecule has 0 spiro atoms. The SMILES string of the molecule is CC(=O)/C=C(/C)O.Cc1cc(C)c2c(C)cc(-c3[c-]ccc4c3C(C)(C)c3c-4oc4ccccc34)nc2c1.[Ir]. The standard InChI is InChI=1S/C29H24NO.C5H8O2.Ir/c1-16-13-17(2)25-18(3)15-22(30-23(25)14-16)19-10-8-11-21-26(19)29(4,5)27-20-9-6-7-12-24(20)31-28(21)27;1-4(6)3-5(2)7;/h6-9,11-15H,1-5H3;3,6H,1-2H3;/q-1;;/b;4-3-;. The van der Waals surface area contributed by atoms with Crippen molar-refractivity contribution in [2.75, 3.05) is 0 Å². The zero-order valence-electron chi connectivity index (χ0n) is 23.3. The van der Waals surface area contributed by atoms with Gasteiger partial charge in [0.1, 0.15) is 11.3 Å². The van der Waals surface area contributed by atoms with Crippen LogP contribution in [-0.4, -0.2) is 15.9 Å². The number of carbonyl (C=O) groups excluding carboxylic acids is 1. The van der Waals surface area contributed by atoms with Gasteiger partial charge in [-0.25, -0.2) is 0 Å². The number of hydrogen-bond acceptors (Lipinski definition) is 4. The van der Waals surface area contributed by atoms with E-state index in [4.69, 9.17) is 14.5 Å². The number of ketones is 1. The second-order valence-corrected chi connectivity index (χ2v) is 10.8. The normalized spacial score (nSPS) is 13.4. The number of hydrogen-bond donors (Lipinski definition) is 1. The third-order valence-corrected chi connectivity index (χ3v) is 7.20. The third-order valence-electron chi connectivity index (χ3n) is 7.20. The molecular weight excluding hydrogens is 663 g/mol. The van der Waals surface area contributed by atoms with Gasteiger partial charge in [0.05, 0.1) is 11.3 Å². The summed E-state index contributed by atoms with van der Waals surface area (Å²) in [6, 6.07) is 22.6. The molecular formula is C34H32IrNO3-. The van der Waals surface area contributed by atoms with Crippen LogP contribution in [0.15, 0.2) is 70.8 Å². The van der Waals surface area contributed by atoms with E-state index in [-0.39, 0.29) is 37.1 Å². The topological polar surface area (TPSA) is 63.3 Å². The van der Waals surface area contributed by atoms with Crippen molar-refractivity contribution < 1.29 is 34.4 Å². The number of aliphatic hydroxyl groups excluding tert-OH is 1. The molecule has 1 N–H and O–H groups in total. The minimum Gasteiger partial charge on any atom is -0.512 e. The van der Waals surface area contributed by atoms with E-state index in [1.54, 1.807) is 0 Å². The summed E-state index contributed by atoms with van der Waals surface area (Å²) in [5.41, 5.74) is 11.3. The van der Waals surface area contributed by atoms with E-state index >= 15 is 0 Å². The Hall–Kier alpha value is -3.53. The Morgan fingerprint density at radius 3 is 2.36 bits per heavy atom. The molecule has 4 nitrogen and oxygen atoms in total. The number of allylic oxidation sites excluding steroid dienone is 2. The van der Waals surface area contributed by atoms with E-state index in [1.165, 1.54) is 58.5 Å². The maximum Gasteiger partial charge on any atom is 0.155 e. The number of aryl methyl sites for hydroxylation is 3. The monoisotopic (exact) mass is 695 g/mol. The molecule has 0 aliphatic heterocycles. The van der Waals surface area contributed by atoms with Crippen LogP contribution in [0, 0.1) is 26.8 Å². The van der Waals surface area contributed by atoms with Gasteiger partial charge in [-0.15, -0.1) is 29.3 Å². The van der Waals surface area contributed by atoms with Gasteiger partial charge in [0.2, 0.25) is 0 Å².